The number of fused-ring (bicyclic) bond motifs is 1. The summed E-state index contributed by atoms with van der Waals surface area (Å²) in [5.74, 6) is -2.87. The highest BCUT2D eigenvalue weighted by atomic mass is 19.3. The molecule has 2 aliphatic rings. The van der Waals surface area contributed by atoms with E-state index in [2.05, 4.69) is 4.98 Å². The molecule has 2 aromatic rings. The number of rotatable bonds is 1. The van der Waals surface area contributed by atoms with Gasteiger partial charge in [-0.05, 0) is 18.6 Å². The maximum absolute atomic E-state index is 13.5. The number of nitrogens with zero attached hydrogens (tertiary/aromatic N) is 3. The Bertz CT molecular complexity index is 670. The third kappa shape index (κ3) is 1.39. The van der Waals surface area contributed by atoms with E-state index in [1.807, 2.05) is 12.1 Å². The monoisotopic (exact) mass is 277 g/mol. The first-order valence-electron chi connectivity index (χ1n) is 6.62. The maximum Gasteiger partial charge on any atom is 0.274 e. The Hall–Kier alpha value is -1.98. The number of pyridine rings is 1. The molecule has 0 N–H and O–H groups in total. The number of hydrogen-bond donors (Lipinski definition) is 0. The highest BCUT2D eigenvalue weighted by Gasteiger charge is 2.67. The molecule has 4 nitrogen and oxygen atoms in total. The molecule has 1 aliphatic heterocycles. The van der Waals surface area contributed by atoms with Crippen molar-refractivity contribution in [1.29, 1.82) is 0 Å². The van der Waals surface area contributed by atoms with Gasteiger partial charge < -0.3 is 9.30 Å². The van der Waals surface area contributed by atoms with E-state index in [-0.39, 0.29) is 25.4 Å². The molecule has 0 atom stereocenters. The summed E-state index contributed by atoms with van der Waals surface area (Å²) < 4.78 is 28.7. The Morgan fingerprint density at radius 1 is 1.25 bits per heavy atom. The smallest absolute Gasteiger partial charge is 0.274 e. The zero-order valence-corrected chi connectivity index (χ0v) is 10.7. The third-order valence-corrected chi connectivity index (χ3v) is 4.55. The van der Waals surface area contributed by atoms with E-state index in [1.54, 1.807) is 22.9 Å². The van der Waals surface area contributed by atoms with Gasteiger partial charge in [0.25, 0.3) is 11.8 Å². The average Bonchev–Trinajstić information content (AvgIpc) is 2.79. The summed E-state index contributed by atoms with van der Waals surface area (Å²) in [5.41, 5.74) is 0.0377. The summed E-state index contributed by atoms with van der Waals surface area (Å²) in [6.45, 7) is 0.291. The van der Waals surface area contributed by atoms with Crippen LogP contribution in [-0.4, -0.2) is 39.2 Å². The Balaban J connectivity index is 1.54. The Morgan fingerprint density at radius 3 is 2.65 bits per heavy atom. The zero-order chi connectivity index (χ0) is 14.0. The van der Waals surface area contributed by atoms with Gasteiger partial charge in [-0.25, -0.2) is 13.8 Å². The normalized spacial score (nSPS) is 22.6. The lowest BCUT2D eigenvalue weighted by Crippen LogP contribution is -2.70. The molecule has 104 valence electrons. The number of carbonyl (C=O) groups is 1. The molecule has 1 saturated carbocycles. The molecular weight excluding hydrogens is 264 g/mol. The molecule has 4 rings (SSSR count). The molecule has 0 radical (unpaired) electrons. The molecule has 2 fully saturated rings. The van der Waals surface area contributed by atoms with Gasteiger partial charge in [0.15, 0.2) is 0 Å². The SMILES string of the molecule is O=C(c1cn2ccccc2n1)N1CC2(CCC2(F)F)C1. The number of halogens is 2. The Morgan fingerprint density at radius 2 is 2.05 bits per heavy atom. The predicted molar refractivity (Wildman–Crippen MR) is 67.7 cm³/mol. The topological polar surface area (TPSA) is 37.6 Å². The fraction of sp³-hybridized carbons (Fsp3) is 0.429. The second-order valence-corrected chi connectivity index (χ2v) is 5.74. The van der Waals surface area contributed by atoms with Gasteiger partial charge in [0.05, 0.1) is 5.41 Å². The van der Waals surface area contributed by atoms with Crippen molar-refractivity contribution in [2.75, 3.05) is 13.1 Å². The van der Waals surface area contributed by atoms with E-state index in [0.29, 0.717) is 17.8 Å². The predicted octanol–water partition coefficient (Wildman–Crippen LogP) is 2.21. The van der Waals surface area contributed by atoms with Gasteiger partial charge in [-0.2, -0.15) is 0 Å². The van der Waals surface area contributed by atoms with E-state index in [9.17, 15) is 13.6 Å². The van der Waals surface area contributed by atoms with E-state index in [0.717, 1.165) is 0 Å². The summed E-state index contributed by atoms with van der Waals surface area (Å²) in [7, 11) is 0. The van der Waals surface area contributed by atoms with Crippen molar-refractivity contribution in [1.82, 2.24) is 14.3 Å². The molecule has 1 aliphatic carbocycles. The van der Waals surface area contributed by atoms with Crippen LogP contribution in [0.2, 0.25) is 0 Å². The molecule has 6 heteroatoms. The van der Waals surface area contributed by atoms with Gasteiger partial charge in [0.2, 0.25) is 0 Å². The fourth-order valence-electron chi connectivity index (χ4n) is 3.08. The van der Waals surface area contributed by atoms with Crippen LogP contribution in [0.25, 0.3) is 5.65 Å². The maximum atomic E-state index is 13.5. The minimum Gasteiger partial charge on any atom is -0.336 e. The van der Waals surface area contributed by atoms with Gasteiger partial charge >= 0.3 is 0 Å². The quantitative estimate of drug-likeness (QED) is 0.801. The molecule has 0 aromatic carbocycles. The second kappa shape index (κ2) is 3.56. The van der Waals surface area contributed by atoms with Crippen LogP contribution in [-0.2, 0) is 0 Å². The van der Waals surface area contributed by atoms with Gasteiger partial charge in [0, 0.05) is 31.9 Å². The summed E-state index contributed by atoms with van der Waals surface area (Å²) in [5, 5.41) is 0. The summed E-state index contributed by atoms with van der Waals surface area (Å²) >= 11 is 0. The molecule has 20 heavy (non-hydrogen) atoms. The molecule has 1 saturated heterocycles. The summed E-state index contributed by atoms with van der Waals surface area (Å²) in [6, 6.07) is 5.48. The first kappa shape index (κ1) is 11.8. The minimum absolute atomic E-state index is 0.0522. The first-order valence-corrected chi connectivity index (χ1v) is 6.62. The van der Waals surface area contributed by atoms with Crippen LogP contribution >= 0.6 is 0 Å². The molecule has 1 spiro atoms. The molecule has 0 unspecified atom stereocenters. The number of alkyl halides is 2. The summed E-state index contributed by atoms with van der Waals surface area (Å²) in [6.07, 6.45) is 3.90. The third-order valence-electron chi connectivity index (χ3n) is 4.55. The largest absolute Gasteiger partial charge is 0.336 e. The molecular formula is C14H13F2N3O. The van der Waals surface area contributed by atoms with E-state index in [1.165, 1.54) is 4.90 Å². The van der Waals surface area contributed by atoms with Crippen molar-refractivity contribution in [2.45, 2.75) is 18.8 Å². The van der Waals surface area contributed by atoms with Crippen LogP contribution in [0, 0.1) is 5.41 Å². The van der Waals surface area contributed by atoms with E-state index >= 15 is 0 Å². The molecule has 2 aromatic heterocycles. The van der Waals surface area contributed by atoms with Crippen molar-refractivity contribution in [2.24, 2.45) is 5.41 Å². The van der Waals surface area contributed by atoms with Crippen molar-refractivity contribution in [3.8, 4) is 0 Å². The van der Waals surface area contributed by atoms with Crippen LogP contribution in [0.3, 0.4) is 0 Å². The van der Waals surface area contributed by atoms with Crippen molar-refractivity contribution >= 4 is 11.6 Å². The first-order chi connectivity index (χ1) is 9.51. The fourth-order valence-corrected chi connectivity index (χ4v) is 3.08. The van der Waals surface area contributed by atoms with Gasteiger partial charge in [-0.1, -0.05) is 6.07 Å². The van der Waals surface area contributed by atoms with Crippen LogP contribution in [0.15, 0.2) is 30.6 Å². The van der Waals surface area contributed by atoms with Gasteiger partial charge in [-0.15, -0.1) is 0 Å². The highest BCUT2D eigenvalue weighted by molar-refractivity contribution is 5.93. The lowest BCUT2D eigenvalue weighted by molar-refractivity contribution is -0.248. The average molecular weight is 277 g/mol. The summed E-state index contributed by atoms with van der Waals surface area (Å²) in [4.78, 5) is 17.9. The lowest BCUT2D eigenvalue weighted by Gasteiger charge is -2.59. The number of imidazole rings is 1. The molecule has 3 heterocycles. The van der Waals surface area contributed by atoms with Gasteiger partial charge in [-0.3, -0.25) is 4.79 Å². The van der Waals surface area contributed by atoms with Crippen LogP contribution < -0.4 is 0 Å². The number of hydrogen-bond acceptors (Lipinski definition) is 2. The molecule has 1 amide bonds. The van der Waals surface area contributed by atoms with Crippen LogP contribution in [0.4, 0.5) is 8.78 Å². The van der Waals surface area contributed by atoms with Crippen LogP contribution in [0.5, 0.6) is 0 Å². The molecule has 0 bridgehead atoms. The van der Waals surface area contributed by atoms with E-state index in [4.69, 9.17) is 0 Å². The zero-order valence-electron chi connectivity index (χ0n) is 10.7. The minimum atomic E-state index is -2.61. The van der Waals surface area contributed by atoms with E-state index < -0.39 is 11.3 Å². The number of aromatic nitrogens is 2. The lowest BCUT2D eigenvalue weighted by atomic mass is 9.60. The van der Waals surface area contributed by atoms with Crippen LogP contribution in [0.1, 0.15) is 23.3 Å². The van der Waals surface area contributed by atoms with Crippen molar-refractivity contribution in [3.63, 3.8) is 0 Å². The Labute approximate surface area is 114 Å². The number of amides is 1. The van der Waals surface area contributed by atoms with Crippen molar-refractivity contribution in [3.05, 3.63) is 36.3 Å². The van der Waals surface area contributed by atoms with Crippen molar-refractivity contribution < 1.29 is 13.6 Å². The standard InChI is InChI=1S/C14H13F2N3O/c15-14(16)5-4-13(14)8-19(9-13)12(20)10-7-18-6-2-1-3-11(18)17-10/h1-3,6-7H,4-5,8-9H2. The number of likely N-dealkylation sites (tertiary alicyclic amines) is 1. The number of carbonyl (C=O) groups excluding carboxylic acids is 1. The Kier molecular flexibility index (Phi) is 2.10. The van der Waals surface area contributed by atoms with Gasteiger partial charge in [0.1, 0.15) is 11.3 Å². The highest BCUT2D eigenvalue weighted by Crippen LogP contribution is 2.58. The second-order valence-electron chi connectivity index (χ2n) is 5.74.